The van der Waals surface area contributed by atoms with E-state index in [0.717, 1.165) is 11.8 Å². The van der Waals surface area contributed by atoms with Crippen molar-refractivity contribution >= 4 is 41.2 Å². The molecule has 172 valence electrons. The van der Waals surface area contributed by atoms with E-state index in [0.29, 0.717) is 0 Å². The van der Waals surface area contributed by atoms with Crippen LogP contribution in [0.5, 0.6) is 0 Å². The average molecular weight is 467 g/mol. The summed E-state index contributed by atoms with van der Waals surface area (Å²) in [6.07, 6.45) is 0.171. The number of oxime groups is 1. The third-order valence-electron chi connectivity index (χ3n) is 4.48. The molecule has 13 heteroatoms. The molecule has 0 saturated carbocycles. The molecule has 0 aliphatic carbocycles. The van der Waals surface area contributed by atoms with Gasteiger partial charge < -0.3 is 29.2 Å². The van der Waals surface area contributed by atoms with Gasteiger partial charge in [-0.2, -0.15) is 0 Å². The summed E-state index contributed by atoms with van der Waals surface area (Å²) < 4.78 is 15.0. The Morgan fingerprint density at radius 2 is 2.16 bits per heavy atom. The Morgan fingerprint density at radius 3 is 2.75 bits per heavy atom. The monoisotopic (exact) mass is 467 g/mol. The predicted molar refractivity (Wildman–Crippen MR) is 109 cm³/mol. The molecule has 1 unspecified atom stereocenters. The minimum atomic E-state index is -1.19. The molecule has 0 spiro atoms. The maximum absolute atomic E-state index is 12.8. The number of aliphatic hydroxyl groups excluding tert-OH is 1. The van der Waals surface area contributed by atoms with Gasteiger partial charge >= 0.3 is 11.9 Å². The van der Waals surface area contributed by atoms with Gasteiger partial charge in [-0.15, -0.1) is 11.8 Å². The van der Waals surface area contributed by atoms with Gasteiger partial charge in [-0.05, 0) is 17.7 Å². The van der Waals surface area contributed by atoms with Crippen LogP contribution in [-0.2, 0) is 33.5 Å². The van der Waals surface area contributed by atoms with Crippen molar-refractivity contribution in [2.45, 2.75) is 31.6 Å². The van der Waals surface area contributed by atoms with E-state index in [2.05, 4.69) is 10.5 Å². The number of fused-ring (bicyclic) bond motifs is 1. The van der Waals surface area contributed by atoms with Crippen LogP contribution in [0.4, 0.5) is 0 Å². The molecule has 1 fully saturated rings. The van der Waals surface area contributed by atoms with Crippen LogP contribution in [0, 0.1) is 0 Å². The molecule has 2 amide bonds. The summed E-state index contributed by atoms with van der Waals surface area (Å²) in [4.78, 5) is 55.1. The number of esters is 2. The second kappa shape index (κ2) is 9.87. The SMILES string of the molecule is CO/N=C(\C(=O)N[C@@H]1C(=O)N2C(C(=O)OC(C)OC(C)=O)=C(CO)CS[C@H]12)c1ccco1. The zero-order valence-electron chi connectivity index (χ0n) is 17.4. The molecule has 3 atom stereocenters. The number of carbonyl (C=O) groups is 4. The Bertz CT molecular complexity index is 973. The number of rotatable bonds is 8. The molecule has 2 aliphatic heterocycles. The van der Waals surface area contributed by atoms with Gasteiger partial charge in [0.25, 0.3) is 11.8 Å². The van der Waals surface area contributed by atoms with Crippen molar-refractivity contribution in [1.82, 2.24) is 10.2 Å². The number of nitrogens with one attached hydrogen (secondary N) is 1. The van der Waals surface area contributed by atoms with Gasteiger partial charge in [0.1, 0.15) is 24.2 Å². The second-order valence-electron chi connectivity index (χ2n) is 6.65. The van der Waals surface area contributed by atoms with Crippen LogP contribution in [0.25, 0.3) is 0 Å². The quantitative estimate of drug-likeness (QED) is 0.171. The van der Waals surface area contributed by atoms with Crippen molar-refractivity contribution in [3.05, 3.63) is 35.4 Å². The van der Waals surface area contributed by atoms with Gasteiger partial charge in [0.15, 0.2) is 5.76 Å². The number of thioether (sulfide) groups is 1. The molecule has 2 aliphatic rings. The Labute approximate surface area is 186 Å². The largest absolute Gasteiger partial charge is 0.462 e. The zero-order valence-corrected chi connectivity index (χ0v) is 18.2. The molecular formula is C19H21N3O9S. The lowest BCUT2D eigenvalue weighted by molar-refractivity contribution is -0.182. The van der Waals surface area contributed by atoms with E-state index in [-0.39, 0.29) is 28.5 Å². The van der Waals surface area contributed by atoms with Crippen LogP contribution in [-0.4, -0.2) is 76.6 Å². The zero-order chi connectivity index (χ0) is 23.4. The van der Waals surface area contributed by atoms with Crippen LogP contribution in [0.2, 0.25) is 0 Å². The summed E-state index contributed by atoms with van der Waals surface area (Å²) in [5.41, 5.74) is -0.0184. The summed E-state index contributed by atoms with van der Waals surface area (Å²) in [5.74, 6) is -2.48. The van der Waals surface area contributed by atoms with Crippen molar-refractivity contribution < 1.29 is 43.0 Å². The van der Waals surface area contributed by atoms with Crippen LogP contribution in [0.1, 0.15) is 19.6 Å². The third kappa shape index (κ3) is 4.62. The summed E-state index contributed by atoms with van der Waals surface area (Å²) >= 11 is 1.26. The summed E-state index contributed by atoms with van der Waals surface area (Å²) in [6, 6.07) is 2.12. The first-order chi connectivity index (χ1) is 15.3. The van der Waals surface area contributed by atoms with E-state index < -0.39 is 48.1 Å². The van der Waals surface area contributed by atoms with Gasteiger partial charge in [0.2, 0.25) is 12.0 Å². The Kier molecular flexibility index (Phi) is 7.20. The van der Waals surface area contributed by atoms with Gasteiger partial charge in [0.05, 0.1) is 12.9 Å². The van der Waals surface area contributed by atoms with Crippen molar-refractivity contribution in [2.24, 2.45) is 5.16 Å². The minimum Gasteiger partial charge on any atom is -0.462 e. The molecule has 0 bridgehead atoms. The standard InChI is InChI=1S/C19H21N3O9S/c1-9(24)30-10(2)31-19(27)15-11(7-23)8-32-18-14(17(26)22(15)18)20-16(25)13(21-28-3)12-5-4-6-29-12/h4-6,10,14,18,23H,7-8H2,1-3H3,(H,20,25)/b21-13-/t10?,14-,18-/m1/s1. The Hall–Kier alpha value is -3.32. The summed E-state index contributed by atoms with van der Waals surface area (Å²) in [5, 5.41) is 15.2. The highest BCUT2D eigenvalue weighted by atomic mass is 32.2. The molecule has 1 aromatic heterocycles. The van der Waals surface area contributed by atoms with E-state index >= 15 is 0 Å². The smallest absolute Gasteiger partial charge is 0.358 e. The van der Waals surface area contributed by atoms with Gasteiger partial charge in [-0.1, -0.05) is 5.16 Å². The lowest BCUT2D eigenvalue weighted by Crippen LogP contribution is -2.71. The first-order valence-corrected chi connectivity index (χ1v) is 10.4. The number of nitrogens with zero attached hydrogens (tertiary/aromatic N) is 2. The molecule has 1 aromatic rings. The average Bonchev–Trinajstić information content (AvgIpc) is 3.28. The number of carbonyl (C=O) groups excluding carboxylic acids is 4. The Balaban J connectivity index is 1.75. The van der Waals surface area contributed by atoms with E-state index in [1.54, 1.807) is 6.07 Å². The summed E-state index contributed by atoms with van der Waals surface area (Å²) in [6.45, 7) is 2.03. The molecule has 3 rings (SSSR count). The lowest BCUT2D eigenvalue weighted by atomic mass is 10.0. The number of furan rings is 1. The molecule has 0 radical (unpaired) electrons. The van der Waals surface area contributed by atoms with Gasteiger partial charge in [-0.3, -0.25) is 19.3 Å². The van der Waals surface area contributed by atoms with E-state index in [1.807, 2.05) is 0 Å². The highest BCUT2D eigenvalue weighted by molar-refractivity contribution is 8.00. The third-order valence-corrected chi connectivity index (χ3v) is 5.81. The lowest BCUT2D eigenvalue weighted by Gasteiger charge is -2.49. The van der Waals surface area contributed by atoms with Crippen molar-refractivity contribution in [1.29, 1.82) is 0 Å². The first kappa shape index (κ1) is 23.3. The molecule has 12 nitrogen and oxygen atoms in total. The highest BCUT2D eigenvalue weighted by Crippen LogP contribution is 2.40. The van der Waals surface area contributed by atoms with Gasteiger partial charge in [-0.25, -0.2) is 4.79 Å². The molecule has 2 N–H and O–H groups in total. The number of amides is 2. The van der Waals surface area contributed by atoms with Crippen LogP contribution in [0.3, 0.4) is 0 Å². The second-order valence-corrected chi connectivity index (χ2v) is 7.76. The highest BCUT2D eigenvalue weighted by Gasteiger charge is 2.54. The maximum Gasteiger partial charge on any atom is 0.358 e. The number of β-lactam (4-membered cyclic amide) rings is 1. The van der Waals surface area contributed by atoms with Gasteiger partial charge in [0, 0.05) is 19.6 Å². The molecule has 0 aromatic carbocycles. The molecular weight excluding hydrogens is 446 g/mol. The van der Waals surface area contributed by atoms with Crippen molar-refractivity contribution in [3.63, 3.8) is 0 Å². The normalized spacial score (nSPS) is 21.3. The van der Waals surface area contributed by atoms with Crippen molar-refractivity contribution in [3.8, 4) is 0 Å². The fraction of sp³-hybridized carbons (Fsp3) is 0.421. The van der Waals surface area contributed by atoms with Crippen LogP contribution in [0.15, 0.2) is 39.2 Å². The molecule has 3 heterocycles. The summed E-state index contributed by atoms with van der Waals surface area (Å²) in [7, 11) is 1.26. The maximum atomic E-state index is 12.8. The number of hydrogen-bond acceptors (Lipinski definition) is 11. The van der Waals surface area contributed by atoms with E-state index in [4.69, 9.17) is 18.7 Å². The number of aliphatic hydroxyl groups is 1. The minimum absolute atomic E-state index is 0.137. The number of hydrogen-bond donors (Lipinski definition) is 2. The topological polar surface area (TPSA) is 157 Å². The van der Waals surface area contributed by atoms with E-state index in [9.17, 15) is 24.3 Å². The first-order valence-electron chi connectivity index (χ1n) is 9.40. The fourth-order valence-corrected chi connectivity index (χ4v) is 4.51. The van der Waals surface area contributed by atoms with Crippen LogP contribution >= 0.6 is 11.8 Å². The number of ether oxygens (including phenoxy) is 2. The molecule has 32 heavy (non-hydrogen) atoms. The van der Waals surface area contributed by atoms with Crippen LogP contribution < -0.4 is 5.32 Å². The Morgan fingerprint density at radius 1 is 1.41 bits per heavy atom. The van der Waals surface area contributed by atoms with Crippen molar-refractivity contribution in [2.75, 3.05) is 19.5 Å². The fourth-order valence-electron chi connectivity index (χ4n) is 3.17. The predicted octanol–water partition coefficient (Wildman–Crippen LogP) is -0.271. The van der Waals surface area contributed by atoms with E-state index in [1.165, 1.54) is 38.1 Å². The molecule has 1 saturated heterocycles.